The third-order valence-electron chi connectivity index (χ3n) is 6.73. The SMILES string of the molecule is CN1[C@H]2CC[C@H]1CN(C(=O)N[C@@H]1CCC[C@@H](C(=O)NC3CC3)C1)CC2. The summed E-state index contributed by atoms with van der Waals surface area (Å²) in [6.07, 6.45) is 9.61. The average molecular weight is 348 g/mol. The molecule has 4 aliphatic rings. The highest BCUT2D eigenvalue weighted by Gasteiger charge is 2.37. The van der Waals surface area contributed by atoms with Gasteiger partial charge in [0.15, 0.2) is 0 Å². The van der Waals surface area contributed by atoms with Gasteiger partial charge in [0, 0.05) is 43.2 Å². The van der Waals surface area contributed by atoms with Crippen molar-refractivity contribution in [2.24, 2.45) is 5.92 Å². The van der Waals surface area contributed by atoms with Gasteiger partial charge in [-0.1, -0.05) is 6.42 Å². The van der Waals surface area contributed by atoms with Crippen molar-refractivity contribution >= 4 is 11.9 Å². The van der Waals surface area contributed by atoms with Gasteiger partial charge in [-0.05, 0) is 58.4 Å². The quantitative estimate of drug-likeness (QED) is 0.816. The van der Waals surface area contributed by atoms with E-state index in [1.54, 1.807) is 0 Å². The molecule has 0 spiro atoms. The standard InChI is InChI=1S/C19H32N4O2/c1-22-16-7-8-17(22)12-23(10-9-16)19(25)21-15-4-2-3-13(11-15)18(24)20-14-5-6-14/h13-17H,2-12H2,1H3,(H,20,24)(H,21,25)/t13-,15-,16+,17+/m1/s1. The number of carbonyl (C=O) groups excluding carboxylic acids is 2. The van der Waals surface area contributed by atoms with Gasteiger partial charge in [0.1, 0.15) is 0 Å². The van der Waals surface area contributed by atoms with E-state index in [9.17, 15) is 9.59 Å². The first-order chi connectivity index (χ1) is 12.1. The van der Waals surface area contributed by atoms with Crippen LogP contribution in [0.4, 0.5) is 4.79 Å². The molecule has 0 unspecified atom stereocenters. The Balaban J connectivity index is 1.28. The van der Waals surface area contributed by atoms with E-state index in [0.717, 1.165) is 58.0 Å². The fourth-order valence-corrected chi connectivity index (χ4v) is 4.86. The predicted molar refractivity (Wildman–Crippen MR) is 96.2 cm³/mol. The summed E-state index contributed by atoms with van der Waals surface area (Å²) in [7, 11) is 2.20. The maximum absolute atomic E-state index is 12.8. The minimum absolute atomic E-state index is 0.0749. The Morgan fingerprint density at radius 1 is 0.880 bits per heavy atom. The largest absolute Gasteiger partial charge is 0.353 e. The number of urea groups is 1. The third-order valence-corrected chi connectivity index (χ3v) is 6.73. The molecule has 2 aliphatic carbocycles. The molecule has 4 rings (SSSR count). The van der Waals surface area contributed by atoms with Crippen molar-refractivity contribution in [2.75, 3.05) is 20.1 Å². The van der Waals surface area contributed by atoms with Gasteiger partial charge >= 0.3 is 6.03 Å². The van der Waals surface area contributed by atoms with E-state index in [1.807, 2.05) is 4.90 Å². The first-order valence-electron chi connectivity index (χ1n) is 10.2. The summed E-state index contributed by atoms with van der Waals surface area (Å²) >= 11 is 0. The Labute approximate surface area is 150 Å². The van der Waals surface area contributed by atoms with E-state index < -0.39 is 0 Å². The first kappa shape index (κ1) is 17.1. The van der Waals surface area contributed by atoms with Crippen molar-refractivity contribution in [1.82, 2.24) is 20.4 Å². The van der Waals surface area contributed by atoms with Crippen LogP contribution < -0.4 is 10.6 Å². The number of fused-ring (bicyclic) bond motifs is 2. The number of hydrogen-bond donors (Lipinski definition) is 2. The molecular weight excluding hydrogens is 316 g/mol. The number of likely N-dealkylation sites (N-methyl/N-ethyl adjacent to an activating group) is 1. The first-order valence-corrected chi connectivity index (χ1v) is 10.2. The second-order valence-electron chi connectivity index (χ2n) is 8.58. The van der Waals surface area contributed by atoms with Gasteiger partial charge in [-0.3, -0.25) is 9.69 Å². The van der Waals surface area contributed by atoms with Crippen LogP contribution in [0.15, 0.2) is 0 Å². The number of likely N-dealkylation sites (tertiary alicyclic amines) is 1. The number of nitrogens with one attached hydrogen (secondary N) is 2. The molecule has 2 saturated heterocycles. The lowest BCUT2D eigenvalue weighted by atomic mass is 9.85. The van der Waals surface area contributed by atoms with Crippen molar-refractivity contribution in [1.29, 1.82) is 0 Å². The maximum Gasteiger partial charge on any atom is 0.317 e. The highest BCUT2D eigenvalue weighted by Crippen LogP contribution is 2.29. The molecule has 6 heteroatoms. The van der Waals surface area contributed by atoms with Crippen LogP contribution in [0.1, 0.15) is 57.8 Å². The lowest BCUT2D eigenvalue weighted by molar-refractivity contribution is -0.126. The molecular formula is C19H32N4O2. The van der Waals surface area contributed by atoms with Crippen molar-refractivity contribution < 1.29 is 9.59 Å². The Kier molecular flexibility index (Phi) is 4.89. The Morgan fingerprint density at radius 2 is 1.68 bits per heavy atom. The fraction of sp³-hybridized carbons (Fsp3) is 0.895. The molecule has 140 valence electrons. The van der Waals surface area contributed by atoms with E-state index >= 15 is 0 Å². The van der Waals surface area contributed by atoms with Crippen LogP contribution in [0.3, 0.4) is 0 Å². The van der Waals surface area contributed by atoms with Crippen LogP contribution in [0.5, 0.6) is 0 Å². The highest BCUT2D eigenvalue weighted by molar-refractivity contribution is 5.79. The van der Waals surface area contributed by atoms with E-state index in [4.69, 9.17) is 0 Å². The minimum Gasteiger partial charge on any atom is -0.353 e. The van der Waals surface area contributed by atoms with Gasteiger partial charge in [0.25, 0.3) is 0 Å². The molecule has 0 aromatic carbocycles. The van der Waals surface area contributed by atoms with Gasteiger partial charge in [0.2, 0.25) is 5.91 Å². The van der Waals surface area contributed by atoms with Gasteiger partial charge < -0.3 is 15.5 Å². The minimum atomic E-state index is 0.0749. The number of rotatable bonds is 3. The topological polar surface area (TPSA) is 64.7 Å². The zero-order valence-corrected chi connectivity index (χ0v) is 15.4. The summed E-state index contributed by atoms with van der Waals surface area (Å²) in [6, 6.07) is 1.81. The molecule has 3 amide bonds. The molecule has 0 aromatic heterocycles. The van der Waals surface area contributed by atoms with Crippen LogP contribution in [0.2, 0.25) is 0 Å². The number of carbonyl (C=O) groups is 2. The van der Waals surface area contributed by atoms with Crippen LogP contribution in [0, 0.1) is 5.92 Å². The Bertz CT molecular complexity index is 522. The summed E-state index contributed by atoms with van der Waals surface area (Å²) in [5.74, 6) is 0.279. The third kappa shape index (κ3) is 3.94. The molecule has 2 aliphatic heterocycles. The van der Waals surface area contributed by atoms with Crippen molar-refractivity contribution in [3.63, 3.8) is 0 Å². The Hall–Kier alpha value is -1.30. The molecule has 2 bridgehead atoms. The molecule has 2 N–H and O–H groups in total. The molecule has 4 atom stereocenters. The predicted octanol–water partition coefficient (Wildman–Crippen LogP) is 1.70. The molecule has 6 nitrogen and oxygen atoms in total. The van der Waals surface area contributed by atoms with Gasteiger partial charge in [0.05, 0.1) is 0 Å². The lowest BCUT2D eigenvalue weighted by Crippen LogP contribution is -2.50. The number of amides is 3. The van der Waals surface area contributed by atoms with Gasteiger partial charge in [-0.15, -0.1) is 0 Å². The summed E-state index contributed by atoms with van der Waals surface area (Å²) in [6.45, 7) is 1.70. The summed E-state index contributed by atoms with van der Waals surface area (Å²) in [4.78, 5) is 29.5. The van der Waals surface area contributed by atoms with Crippen LogP contribution in [0.25, 0.3) is 0 Å². The second-order valence-corrected chi connectivity index (χ2v) is 8.58. The average Bonchev–Trinajstić information content (AvgIpc) is 3.34. The number of nitrogens with zero attached hydrogens (tertiary/aromatic N) is 2. The zero-order chi connectivity index (χ0) is 17.4. The molecule has 0 aromatic rings. The van der Waals surface area contributed by atoms with Gasteiger partial charge in [-0.25, -0.2) is 4.79 Å². The van der Waals surface area contributed by atoms with E-state index in [-0.39, 0.29) is 23.9 Å². The van der Waals surface area contributed by atoms with Crippen LogP contribution >= 0.6 is 0 Å². The normalized spacial score (nSPS) is 36.0. The summed E-state index contributed by atoms with van der Waals surface area (Å²) < 4.78 is 0. The lowest BCUT2D eigenvalue weighted by Gasteiger charge is -2.32. The highest BCUT2D eigenvalue weighted by atomic mass is 16.2. The number of hydrogen-bond acceptors (Lipinski definition) is 3. The van der Waals surface area contributed by atoms with E-state index in [0.29, 0.717) is 18.1 Å². The molecule has 0 radical (unpaired) electrons. The zero-order valence-electron chi connectivity index (χ0n) is 15.4. The Morgan fingerprint density at radius 3 is 2.48 bits per heavy atom. The van der Waals surface area contributed by atoms with Crippen molar-refractivity contribution in [2.45, 2.75) is 82.0 Å². The molecule has 2 heterocycles. The van der Waals surface area contributed by atoms with Crippen molar-refractivity contribution in [3.05, 3.63) is 0 Å². The molecule has 2 saturated carbocycles. The van der Waals surface area contributed by atoms with E-state index in [2.05, 4.69) is 22.6 Å². The van der Waals surface area contributed by atoms with Crippen LogP contribution in [-0.2, 0) is 4.79 Å². The smallest absolute Gasteiger partial charge is 0.317 e. The van der Waals surface area contributed by atoms with E-state index in [1.165, 1.54) is 12.8 Å². The fourth-order valence-electron chi connectivity index (χ4n) is 4.86. The summed E-state index contributed by atoms with van der Waals surface area (Å²) in [5.41, 5.74) is 0. The monoisotopic (exact) mass is 348 g/mol. The second kappa shape index (κ2) is 7.14. The van der Waals surface area contributed by atoms with Crippen molar-refractivity contribution in [3.8, 4) is 0 Å². The van der Waals surface area contributed by atoms with Crippen LogP contribution in [-0.4, -0.2) is 66.0 Å². The molecule has 4 fully saturated rings. The summed E-state index contributed by atoms with van der Waals surface area (Å²) in [5, 5.41) is 6.36. The molecule has 25 heavy (non-hydrogen) atoms. The van der Waals surface area contributed by atoms with Gasteiger partial charge in [-0.2, -0.15) is 0 Å². The maximum atomic E-state index is 12.8.